The fraction of sp³-hybridized carbons (Fsp3) is 0.556. The Morgan fingerprint density at radius 1 is 1.27 bits per heavy atom. The summed E-state index contributed by atoms with van der Waals surface area (Å²) in [5.74, 6) is 1.01. The van der Waals surface area contributed by atoms with Crippen molar-refractivity contribution in [2.75, 3.05) is 60.5 Å². The second-order valence-corrected chi connectivity index (χ2v) is 7.20. The van der Waals surface area contributed by atoms with E-state index in [1.54, 1.807) is 14.1 Å². The van der Waals surface area contributed by atoms with E-state index in [9.17, 15) is 4.79 Å². The Labute approximate surface area is 163 Å². The van der Waals surface area contributed by atoms with Gasteiger partial charge in [0.15, 0.2) is 18.1 Å². The van der Waals surface area contributed by atoms with Crippen LogP contribution in [0.5, 0.6) is 11.5 Å². The van der Waals surface area contributed by atoms with Crippen LogP contribution in [0.1, 0.15) is 12.5 Å². The summed E-state index contributed by atoms with van der Waals surface area (Å²) in [5, 5.41) is 6.62. The first-order valence-electron chi connectivity index (χ1n) is 8.67. The van der Waals surface area contributed by atoms with Gasteiger partial charge < -0.3 is 19.3 Å². The van der Waals surface area contributed by atoms with Crippen molar-refractivity contribution in [1.82, 2.24) is 14.8 Å². The Hall–Kier alpha value is -1.80. The first kappa shape index (κ1) is 20.5. The van der Waals surface area contributed by atoms with Gasteiger partial charge in [-0.25, -0.2) is 0 Å². The fourth-order valence-electron chi connectivity index (χ4n) is 2.39. The van der Waals surface area contributed by atoms with Crippen molar-refractivity contribution >= 4 is 28.1 Å². The van der Waals surface area contributed by atoms with Crippen LogP contribution in [0.3, 0.4) is 0 Å². The van der Waals surface area contributed by atoms with Gasteiger partial charge in [-0.1, -0.05) is 0 Å². The van der Waals surface area contributed by atoms with Crippen LogP contribution in [0.2, 0.25) is 0 Å². The quantitative estimate of drug-likeness (QED) is 0.623. The highest BCUT2D eigenvalue weighted by Gasteiger charge is 2.15. The third kappa shape index (κ3) is 5.88. The van der Waals surface area contributed by atoms with E-state index in [-0.39, 0.29) is 12.5 Å². The number of hydrogen-bond acceptors (Lipinski definition) is 6. The molecule has 8 heteroatoms. The zero-order valence-electron chi connectivity index (χ0n) is 15.9. The molecule has 0 atom stereocenters. The van der Waals surface area contributed by atoms with Crippen LogP contribution in [-0.4, -0.2) is 87.5 Å². The number of carbonyl (C=O) groups is 1. The molecular formula is C18H27BrN4O3. The maximum atomic E-state index is 11.8. The van der Waals surface area contributed by atoms with E-state index in [0.29, 0.717) is 18.1 Å². The Bertz CT molecular complexity index is 644. The van der Waals surface area contributed by atoms with E-state index >= 15 is 0 Å². The van der Waals surface area contributed by atoms with Gasteiger partial charge in [-0.3, -0.25) is 9.80 Å². The number of amides is 1. The zero-order valence-corrected chi connectivity index (χ0v) is 17.5. The molecule has 1 fully saturated rings. The highest BCUT2D eigenvalue weighted by Crippen LogP contribution is 2.36. The molecule has 2 rings (SSSR count). The van der Waals surface area contributed by atoms with Gasteiger partial charge >= 0.3 is 0 Å². The molecule has 144 valence electrons. The average Bonchev–Trinajstić information content (AvgIpc) is 2.60. The lowest BCUT2D eigenvalue weighted by Gasteiger charge is -2.30. The summed E-state index contributed by atoms with van der Waals surface area (Å²) >= 11 is 3.52. The van der Waals surface area contributed by atoms with Crippen LogP contribution in [0.15, 0.2) is 21.7 Å². The highest BCUT2D eigenvalue weighted by molar-refractivity contribution is 9.10. The van der Waals surface area contributed by atoms with Crippen LogP contribution in [-0.2, 0) is 4.79 Å². The van der Waals surface area contributed by atoms with Gasteiger partial charge in [0.05, 0.1) is 17.3 Å². The minimum atomic E-state index is -0.111. The number of hydrogen-bond donors (Lipinski definition) is 0. The van der Waals surface area contributed by atoms with E-state index in [1.807, 2.05) is 25.3 Å². The molecule has 0 aliphatic carbocycles. The molecule has 1 aromatic rings. The van der Waals surface area contributed by atoms with Crippen molar-refractivity contribution in [1.29, 1.82) is 0 Å². The molecule has 1 saturated heterocycles. The summed E-state index contributed by atoms with van der Waals surface area (Å²) in [7, 11) is 5.51. The lowest BCUT2D eigenvalue weighted by Crippen LogP contribution is -2.41. The van der Waals surface area contributed by atoms with E-state index in [4.69, 9.17) is 9.47 Å². The average molecular weight is 427 g/mol. The lowest BCUT2D eigenvalue weighted by atomic mass is 10.2. The largest absolute Gasteiger partial charge is 0.490 e. The molecule has 0 aromatic heterocycles. The molecule has 1 aromatic carbocycles. The molecular weight excluding hydrogens is 400 g/mol. The second-order valence-electron chi connectivity index (χ2n) is 6.34. The molecule has 0 bridgehead atoms. The Morgan fingerprint density at radius 2 is 1.96 bits per heavy atom. The minimum absolute atomic E-state index is 0.0413. The van der Waals surface area contributed by atoms with Crippen molar-refractivity contribution in [3.63, 3.8) is 0 Å². The molecule has 0 spiro atoms. The number of ether oxygens (including phenoxy) is 2. The number of hydrazone groups is 1. The van der Waals surface area contributed by atoms with Gasteiger partial charge in [-0.05, 0) is 47.6 Å². The van der Waals surface area contributed by atoms with Crippen LogP contribution >= 0.6 is 15.9 Å². The number of nitrogens with zero attached hydrogens (tertiary/aromatic N) is 4. The normalized spacial score (nSPS) is 15.3. The summed E-state index contributed by atoms with van der Waals surface area (Å²) in [6.07, 6.45) is 1.83. The van der Waals surface area contributed by atoms with E-state index in [0.717, 1.165) is 36.2 Å². The zero-order chi connectivity index (χ0) is 19.1. The maximum absolute atomic E-state index is 11.8. The molecule has 1 amide bonds. The summed E-state index contributed by atoms with van der Waals surface area (Å²) < 4.78 is 12.1. The third-order valence-corrected chi connectivity index (χ3v) is 4.61. The third-order valence-electron chi connectivity index (χ3n) is 4.02. The molecule has 0 unspecified atom stereocenters. The summed E-state index contributed by atoms with van der Waals surface area (Å²) in [4.78, 5) is 15.6. The van der Waals surface area contributed by atoms with Crippen molar-refractivity contribution in [3.8, 4) is 11.5 Å². The standard InChI is InChI=1S/C18H27BrN4O3/c1-5-25-16-11-14(12-20-23-8-6-22(4)7-9-23)10-15(19)18(16)26-13-17(24)21(2)3/h10-12H,5-9,13H2,1-4H3/b20-12+. The van der Waals surface area contributed by atoms with E-state index in [2.05, 4.69) is 38.0 Å². The van der Waals surface area contributed by atoms with Crippen LogP contribution in [0.25, 0.3) is 0 Å². The van der Waals surface area contributed by atoms with Gasteiger partial charge in [0.2, 0.25) is 0 Å². The predicted molar refractivity (Wildman–Crippen MR) is 106 cm³/mol. The molecule has 7 nitrogen and oxygen atoms in total. The van der Waals surface area contributed by atoms with Gasteiger partial charge in [-0.15, -0.1) is 0 Å². The highest BCUT2D eigenvalue weighted by atomic mass is 79.9. The Kier molecular flexibility index (Phi) is 7.71. The summed E-state index contributed by atoms with van der Waals surface area (Å²) in [6, 6.07) is 3.79. The molecule has 0 N–H and O–H groups in total. The number of carbonyl (C=O) groups excluding carboxylic acids is 1. The van der Waals surface area contributed by atoms with Crippen LogP contribution in [0.4, 0.5) is 0 Å². The first-order valence-corrected chi connectivity index (χ1v) is 9.46. The Balaban J connectivity index is 2.12. The number of halogens is 1. The second kappa shape index (κ2) is 9.78. The van der Waals surface area contributed by atoms with E-state index < -0.39 is 0 Å². The maximum Gasteiger partial charge on any atom is 0.259 e. The van der Waals surface area contributed by atoms with Crippen molar-refractivity contribution < 1.29 is 14.3 Å². The predicted octanol–water partition coefficient (Wildman–Crippen LogP) is 1.90. The van der Waals surface area contributed by atoms with Gasteiger partial charge in [-0.2, -0.15) is 5.10 Å². The fourth-order valence-corrected chi connectivity index (χ4v) is 2.96. The van der Waals surface area contributed by atoms with Crippen LogP contribution < -0.4 is 9.47 Å². The minimum Gasteiger partial charge on any atom is -0.490 e. The van der Waals surface area contributed by atoms with Gasteiger partial charge in [0.25, 0.3) is 5.91 Å². The van der Waals surface area contributed by atoms with Crippen molar-refractivity contribution in [3.05, 3.63) is 22.2 Å². The molecule has 26 heavy (non-hydrogen) atoms. The lowest BCUT2D eigenvalue weighted by molar-refractivity contribution is -0.130. The van der Waals surface area contributed by atoms with Crippen molar-refractivity contribution in [2.45, 2.75) is 6.92 Å². The molecule has 0 saturated carbocycles. The number of likely N-dealkylation sites (N-methyl/N-ethyl adjacent to an activating group) is 2. The van der Waals surface area contributed by atoms with Crippen LogP contribution in [0, 0.1) is 0 Å². The summed E-state index contributed by atoms with van der Waals surface area (Å²) in [6.45, 7) is 6.23. The Morgan fingerprint density at radius 3 is 2.58 bits per heavy atom. The molecule has 1 aliphatic heterocycles. The smallest absolute Gasteiger partial charge is 0.259 e. The number of benzene rings is 1. The van der Waals surface area contributed by atoms with E-state index in [1.165, 1.54) is 4.90 Å². The SMILES string of the molecule is CCOc1cc(/C=N/N2CCN(C)CC2)cc(Br)c1OCC(=O)N(C)C. The molecule has 1 heterocycles. The summed E-state index contributed by atoms with van der Waals surface area (Å²) in [5.41, 5.74) is 0.908. The van der Waals surface area contributed by atoms with Gasteiger partial charge in [0, 0.05) is 40.3 Å². The van der Waals surface area contributed by atoms with Gasteiger partial charge in [0.1, 0.15) is 0 Å². The first-order chi connectivity index (χ1) is 12.4. The molecule has 0 radical (unpaired) electrons. The number of piperazine rings is 1. The monoisotopic (exact) mass is 426 g/mol. The molecule has 1 aliphatic rings. The number of rotatable bonds is 7. The topological polar surface area (TPSA) is 57.6 Å². The van der Waals surface area contributed by atoms with Crippen molar-refractivity contribution in [2.24, 2.45) is 5.10 Å².